The van der Waals surface area contributed by atoms with E-state index in [1.54, 1.807) is 42.5 Å². The average molecular weight is 534 g/mol. The summed E-state index contributed by atoms with van der Waals surface area (Å²) >= 11 is 12.5. The second-order valence-corrected chi connectivity index (χ2v) is 9.44. The monoisotopic (exact) mass is 533 g/mol. The lowest BCUT2D eigenvalue weighted by Crippen LogP contribution is -2.20. The van der Waals surface area contributed by atoms with Crippen molar-refractivity contribution in [3.8, 4) is 28.5 Å². The number of ether oxygens (including phenoxy) is 2. The first kappa shape index (κ1) is 24.8. The quantitative estimate of drug-likeness (QED) is 0.252. The molecule has 0 saturated carbocycles. The number of ketones is 1. The molecule has 0 spiro atoms. The van der Waals surface area contributed by atoms with Crippen LogP contribution in [-0.2, 0) is 11.2 Å². The van der Waals surface area contributed by atoms with Crippen LogP contribution in [-0.4, -0.2) is 28.4 Å². The minimum absolute atomic E-state index is 0.0813. The molecule has 1 aromatic heterocycles. The molecule has 0 bridgehead atoms. The highest BCUT2D eigenvalue weighted by Gasteiger charge is 2.29. The van der Waals surface area contributed by atoms with Crippen LogP contribution in [0, 0.1) is 0 Å². The molecule has 0 saturated heterocycles. The number of carbonyl (C=O) groups excluding carboxylic acids is 1. The third kappa shape index (κ3) is 5.61. The highest BCUT2D eigenvalue weighted by atomic mass is 35.5. The number of fused-ring (bicyclic) bond motifs is 1. The van der Waals surface area contributed by atoms with Gasteiger partial charge in [-0.05, 0) is 61.0 Å². The van der Waals surface area contributed by atoms with E-state index in [0.717, 1.165) is 11.3 Å². The average Bonchev–Trinajstić information content (AvgIpc) is 2.89. The van der Waals surface area contributed by atoms with Crippen molar-refractivity contribution in [2.75, 3.05) is 6.61 Å². The summed E-state index contributed by atoms with van der Waals surface area (Å²) in [5, 5.41) is 10.4. The Labute approximate surface area is 223 Å². The minimum atomic E-state index is -0.916. The van der Waals surface area contributed by atoms with Gasteiger partial charge in [-0.15, -0.1) is 0 Å². The molecule has 2 heterocycles. The van der Waals surface area contributed by atoms with Crippen molar-refractivity contribution in [2.45, 2.75) is 18.8 Å². The summed E-state index contributed by atoms with van der Waals surface area (Å²) in [7, 11) is 0. The molecule has 8 heteroatoms. The van der Waals surface area contributed by atoms with Crippen LogP contribution < -0.4 is 9.47 Å². The lowest BCUT2D eigenvalue weighted by atomic mass is 9.93. The second kappa shape index (κ2) is 10.6. The number of aliphatic carboxylic acids is 1. The summed E-state index contributed by atoms with van der Waals surface area (Å²) in [6.07, 6.45) is 0.530. The number of benzene rings is 3. The van der Waals surface area contributed by atoms with Crippen LogP contribution in [0.3, 0.4) is 0 Å². The number of rotatable bonds is 7. The van der Waals surface area contributed by atoms with Gasteiger partial charge in [0.05, 0.1) is 29.7 Å². The van der Waals surface area contributed by atoms with Crippen LogP contribution in [0.5, 0.6) is 17.2 Å². The SMILES string of the molecule is O=C(Cc1cccc(-c2cccc(Cl)c2)n1)c1ccc(Oc2cc3c(cc2Cl)C(C(=O)O)CCO3)cc1. The van der Waals surface area contributed by atoms with Crippen molar-refractivity contribution >= 4 is 35.0 Å². The standard InChI is InChI=1S/C29H21Cl2NO5/c30-19-4-1-3-18(13-19)25-6-2-5-20(32-25)14-26(33)17-7-9-21(10-8-17)37-28-16-27-23(15-24(28)31)22(29(34)35)11-12-36-27/h1-10,13,15-16,22H,11-12,14H2,(H,34,35). The molecule has 5 rings (SSSR count). The van der Waals surface area contributed by atoms with Gasteiger partial charge in [0.15, 0.2) is 5.78 Å². The van der Waals surface area contributed by atoms with Crippen LogP contribution >= 0.6 is 23.2 Å². The smallest absolute Gasteiger partial charge is 0.311 e. The highest BCUT2D eigenvalue weighted by molar-refractivity contribution is 6.32. The van der Waals surface area contributed by atoms with E-state index in [1.165, 1.54) is 0 Å². The van der Waals surface area contributed by atoms with Crippen molar-refractivity contribution in [3.05, 3.63) is 106 Å². The van der Waals surface area contributed by atoms with E-state index in [1.807, 2.05) is 36.4 Å². The van der Waals surface area contributed by atoms with Crippen molar-refractivity contribution in [3.63, 3.8) is 0 Å². The Balaban J connectivity index is 1.28. The van der Waals surface area contributed by atoms with E-state index in [-0.39, 0.29) is 17.2 Å². The zero-order valence-electron chi connectivity index (χ0n) is 19.5. The Morgan fingerprint density at radius 1 is 1.00 bits per heavy atom. The number of carbonyl (C=O) groups is 2. The van der Waals surface area contributed by atoms with Crippen LogP contribution in [0.4, 0.5) is 0 Å². The van der Waals surface area contributed by atoms with Gasteiger partial charge in [-0.25, -0.2) is 0 Å². The molecule has 0 aliphatic carbocycles. The maximum absolute atomic E-state index is 12.9. The molecule has 4 aromatic rings. The van der Waals surface area contributed by atoms with Crippen molar-refractivity contribution in [2.24, 2.45) is 0 Å². The molecule has 37 heavy (non-hydrogen) atoms. The van der Waals surface area contributed by atoms with Crippen molar-refractivity contribution in [1.82, 2.24) is 4.98 Å². The minimum Gasteiger partial charge on any atom is -0.493 e. The Hall–Kier alpha value is -3.87. The predicted octanol–water partition coefficient (Wildman–Crippen LogP) is 7.22. The molecule has 1 aliphatic heterocycles. The van der Waals surface area contributed by atoms with E-state index in [9.17, 15) is 14.7 Å². The third-order valence-electron chi connectivity index (χ3n) is 6.07. The molecule has 0 amide bonds. The molecule has 1 unspecified atom stereocenters. The fourth-order valence-electron chi connectivity index (χ4n) is 4.21. The van der Waals surface area contributed by atoms with E-state index in [2.05, 4.69) is 4.98 Å². The molecule has 3 aromatic carbocycles. The fraction of sp³-hybridized carbons (Fsp3) is 0.138. The van der Waals surface area contributed by atoms with Crippen molar-refractivity contribution in [1.29, 1.82) is 0 Å². The topological polar surface area (TPSA) is 85.7 Å². The molecule has 1 atom stereocenters. The van der Waals surface area contributed by atoms with E-state index >= 15 is 0 Å². The molecular formula is C29H21Cl2NO5. The van der Waals surface area contributed by atoms with Gasteiger partial charge in [-0.2, -0.15) is 0 Å². The zero-order valence-corrected chi connectivity index (χ0v) is 21.0. The molecule has 1 aliphatic rings. The predicted molar refractivity (Wildman–Crippen MR) is 141 cm³/mol. The number of aromatic nitrogens is 1. The van der Waals surface area contributed by atoms with Crippen LogP contribution in [0.15, 0.2) is 78.9 Å². The van der Waals surface area contributed by atoms with E-state index in [0.29, 0.717) is 52.1 Å². The molecule has 186 valence electrons. The fourth-order valence-corrected chi connectivity index (χ4v) is 4.61. The summed E-state index contributed by atoms with van der Waals surface area (Å²) in [5.74, 6) is -0.403. The van der Waals surface area contributed by atoms with Gasteiger partial charge in [0, 0.05) is 33.5 Å². The summed E-state index contributed by atoms with van der Waals surface area (Å²) < 4.78 is 11.5. The lowest BCUT2D eigenvalue weighted by molar-refractivity contribution is -0.139. The first-order valence-corrected chi connectivity index (χ1v) is 12.3. The Morgan fingerprint density at radius 3 is 2.54 bits per heavy atom. The Kier molecular flexibility index (Phi) is 7.12. The number of Topliss-reactive ketones (excluding diaryl/α,β-unsaturated/α-hetero) is 1. The number of hydrogen-bond acceptors (Lipinski definition) is 5. The van der Waals surface area contributed by atoms with Crippen molar-refractivity contribution < 1.29 is 24.2 Å². The van der Waals surface area contributed by atoms with Gasteiger partial charge in [0.2, 0.25) is 0 Å². The highest BCUT2D eigenvalue weighted by Crippen LogP contribution is 2.41. The number of nitrogens with zero attached hydrogens (tertiary/aromatic N) is 1. The normalized spacial score (nSPS) is 14.4. The van der Waals surface area contributed by atoms with Crippen LogP contribution in [0.2, 0.25) is 10.0 Å². The van der Waals surface area contributed by atoms with E-state index < -0.39 is 11.9 Å². The number of carboxylic acids is 1. The molecule has 1 N–H and O–H groups in total. The van der Waals surface area contributed by atoms with Gasteiger partial charge in [0.1, 0.15) is 17.2 Å². The summed E-state index contributed by atoms with van der Waals surface area (Å²) in [6, 6.07) is 22.9. The number of carboxylic acid groups (broad SMARTS) is 1. The summed E-state index contributed by atoms with van der Waals surface area (Å²) in [5.41, 5.74) is 3.34. The Bertz CT molecular complexity index is 1490. The molecule has 0 fully saturated rings. The second-order valence-electron chi connectivity index (χ2n) is 8.60. The zero-order chi connectivity index (χ0) is 25.9. The lowest BCUT2D eigenvalue weighted by Gasteiger charge is -2.24. The summed E-state index contributed by atoms with van der Waals surface area (Å²) in [4.78, 5) is 29.0. The van der Waals surface area contributed by atoms with Gasteiger partial charge in [-0.1, -0.05) is 41.4 Å². The van der Waals surface area contributed by atoms with Crippen LogP contribution in [0.25, 0.3) is 11.3 Å². The van der Waals surface area contributed by atoms with Gasteiger partial charge in [-0.3, -0.25) is 14.6 Å². The Morgan fingerprint density at radius 2 is 1.78 bits per heavy atom. The largest absolute Gasteiger partial charge is 0.493 e. The van der Waals surface area contributed by atoms with Gasteiger partial charge in [0.25, 0.3) is 0 Å². The maximum atomic E-state index is 12.9. The van der Waals surface area contributed by atoms with Gasteiger partial charge < -0.3 is 14.6 Å². The number of pyridine rings is 1. The third-order valence-corrected chi connectivity index (χ3v) is 6.61. The van der Waals surface area contributed by atoms with E-state index in [4.69, 9.17) is 32.7 Å². The first-order chi connectivity index (χ1) is 17.9. The first-order valence-electron chi connectivity index (χ1n) is 11.6. The number of halogens is 2. The maximum Gasteiger partial charge on any atom is 0.311 e. The van der Waals surface area contributed by atoms with Crippen LogP contribution in [0.1, 0.15) is 34.0 Å². The molecular weight excluding hydrogens is 513 g/mol. The number of hydrogen-bond donors (Lipinski definition) is 1. The molecule has 6 nitrogen and oxygen atoms in total. The van der Waals surface area contributed by atoms with Gasteiger partial charge >= 0.3 is 5.97 Å². The molecule has 0 radical (unpaired) electrons. The summed E-state index contributed by atoms with van der Waals surface area (Å²) in [6.45, 7) is 0.304.